The van der Waals surface area contributed by atoms with Crippen molar-refractivity contribution >= 4 is 33.9 Å². The molecule has 2 aromatic carbocycles. The zero-order chi connectivity index (χ0) is 22.0. The van der Waals surface area contributed by atoms with Crippen molar-refractivity contribution in [2.45, 2.75) is 52.1 Å². The van der Waals surface area contributed by atoms with Crippen LogP contribution in [0.3, 0.4) is 0 Å². The molecule has 0 bridgehead atoms. The van der Waals surface area contributed by atoms with Crippen molar-refractivity contribution in [1.29, 1.82) is 0 Å². The summed E-state index contributed by atoms with van der Waals surface area (Å²) in [7, 11) is 1.65. The number of para-hydroxylation sites is 2. The predicted octanol–water partition coefficient (Wildman–Crippen LogP) is 5.30. The van der Waals surface area contributed by atoms with Crippen molar-refractivity contribution in [2.24, 2.45) is 0 Å². The normalized spacial score (nSPS) is 14.0. The summed E-state index contributed by atoms with van der Waals surface area (Å²) in [6.07, 6.45) is 4.53. The number of nitrogens with one attached hydrogen (secondary N) is 2. The van der Waals surface area contributed by atoms with Crippen LogP contribution >= 0.6 is 12.2 Å². The molecule has 0 atom stereocenters. The fourth-order valence-electron chi connectivity index (χ4n) is 4.39. The first-order valence-electron chi connectivity index (χ1n) is 10.8. The Morgan fingerprint density at radius 1 is 1.19 bits per heavy atom. The molecule has 1 saturated carbocycles. The summed E-state index contributed by atoms with van der Waals surface area (Å²) in [5, 5.41) is 5.02. The van der Waals surface area contributed by atoms with Gasteiger partial charge in [0.15, 0.2) is 5.11 Å². The molecule has 1 heterocycles. The molecule has 1 fully saturated rings. The number of rotatable bonds is 5. The Labute approximate surface area is 188 Å². The Balaban J connectivity index is 1.66. The number of thiocarbonyl (C=S) groups is 1. The fourth-order valence-corrected chi connectivity index (χ4v) is 4.71. The minimum absolute atomic E-state index is 0.0516. The number of anilines is 1. The number of methoxy groups -OCH3 is 1. The van der Waals surface area contributed by atoms with Gasteiger partial charge < -0.3 is 19.9 Å². The lowest BCUT2D eigenvalue weighted by Crippen LogP contribution is -2.42. The number of nitrogens with zero attached hydrogens (tertiary/aromatic N) is 1. The Kier molecular flexibility index (Phi) is 6.28. The zero-order valence-electron chi connectivity index (χ0n) is 18.3. The molecule has 0 radical (unpaired) electrons. The van der Waals surface area contributed by atoms with Crippen LogP contribution in [0.5, 0.6) is 5.75 Å². The van der Waals surface area contributed by atoms with Crippen LogP contribution in [-0.2, 0) is 6.54 Å². The molecule has 162 valence electrons. The molecule has 31 heavy (non-hydrogen) atoms. The maximum Gasteiger partial charge on any atom is 0.253 e. The van der Waals surface area contributed by atoms with E-state index >= 15 is 0 Å². The third-order valence-corrected chi connectivity index (χ3v) is 6.68. The van der Waals surface area contributed by atoms with Crippen LogP contribution in [0.1, 0.15) is 42.4 Å². The van der Waals surface area contributed by atoms with Crippen LogP contribution in [0.2, 0.25) is 0 Å². The van der Waals surface area contributed by atoms with Crippen LogP contribution in [-0.4, -0.2) is 28.1 Å². The van der Waals surface area contributed by atoms with Gasteiger partial charge in [0.05, 0.1) is 24.9 Å². The molecule has 0 unspecified atom stereocenters. The second kappa shape index (κ2) is 9.10. The standard InChI is InChI=1S/C25H29N3O2S/c1-16-12-13-18-14-19(24(29)27-23(18)17(16)2)15-28(20-8-4-5-9-20)25(31)26-21-10-6-7-11-22(21)30-3/h6-7,10-14,20H,4-5,8-9,15H2,1-3H3,(H,26,31)(H,27,29). The molecular weight excluding hydrogens is 406 g/mol. The van der Waals surface area contributed by atoms with Crippen molar-refractivity contribution in [3.63, 3.8) is 0 Å². The molecule has 6 heteroatoms. The van der Waals surface area contributed by atoms with Gasteiger partial charge in [-0.1, -0.05) is 37.1 Å². The Hall–Kier alpha value is -2.86. The number of aryl methyl sites for hydroxylation is 2. The van der Waals surface area contributed by atoms with E-state index < -0.39 is 0 Å². The van der Waals surface area contributed by atoms with E-state index in [4.69, 9.17) is 17.0 Å². The van der Waals surface area contributed by atoms with Gasteiger partial charge in [-0.2, -0.15) is 0 Å². The molecular formula is C25H29N3O2S. The third-order valence-electron chi connectivity index (χ3n) is 6.34. The first kappa shape index (κ1) is 21.4. The highest BCUT2D eigenvalue weighted by Crippen LogP contribution is 2.28. The Bertz CT molecular complexity index is 1170. The highest BCUT2D eigenvalue weighted by Gasteiger charge is 2.26. The molecule has 1 aliphatic rings. The zero-order valence-corrected chi connectivity index (χ0v) is 19.1. The minimum atomic E-state index is -0.0516. The SMILES string of the molecule is COc1ccccc1NC(=S)N(Cc1cc2ccc(C)c(C)c2[nH]c1=O)C1CCCC1. The lowest BCUT2D eigenvalue weighted by Gasteiger charge is -2.32. The number of benzene rings is 2. The number of hydrogen-bond acceptors (Lipinski definition) is 3. The number of aromatic amines is 1. The van der Waals surface area contributed by atoms with E-state index in [9.17, 15) is 4.79 Å². The molecule has 1 aliphatic carbocycles. The van der Waals surface area contributed by atoms with E-state index in [0.29, 0.717) is 17.7 Å². The summed E-state index contributed by atoms with van der Waals surface area (Å²) in [6, 6.07) is 14.2. The maximum absolute atomic E-state index is 13.0. The summed E-state index contributed by atoms with van der Waals surface area (Å²) in [5.41, 5.74) is 4.70. The van der Waals surface area contributed by atoms with Gasteiger partial charge in [-0.3, -0.25) is 4.79 Å². The van der Waals surface area contributed by atoms with E-state index in [1.165, 1.54) is 18.4 Å². The topological polar surface area (TPSA) is 57.4 Å². The third kappa shape index (κ3) is 4.44. The van der Waals surface area contributed by atoms with Crippen LogP contribution in [0.25, 0.3) is 10.9 Å². The summed E-state index contributed by atoms with van der Waals surface area (Å²) in [6.45, 7) is 4.58. The lowest BCUT2D eigenvalue weighted by molar-refractivity contribution is 0.311. The van der Waals surface area contributed by atoms with E-state index in [2.05, 4.69) is 34.3 Å². The Morgan fingerprint density at radius 3 is 2.68 bits per heavy atom. The summed E-state index contributed by atoms with van der Waals surface area (Å²) < 4.78 is 5.46. The van der Waals surface area contributed by atoms with Gasteiger partial charge in [0, 0.05) is 11.6 Å². The number of ether oxygens (including phenoxy) is 1. The molecule has 0 aliphatic heterocycles. The van der Waals surface area contributed by atoms with Crippen molar-refractivity contribution in [2.75, 3.05) is 12.4 Å². The summed E-state index contributed by atoms with van der Waals surface area (Å²) >= 11 is 5.82. The summed E-state index contributed by atoms with van der Waals surface area (Å²) in [4.78, 5) is 18.2. The monoisotopic (exact) mass is 435 g/mol. The predicted molar refractivity (Wildman–Crippen MR) is 131 cm³/mol. The average molecular weight is 436 g/mol. The molecule has 5 nitrogen and oxygen atoms in total. The molecule has 0 spiro atoms. The van der Waals surface area contributed by atoms with Crippen molar-refractivity contribution in [3.05, 3.63) is 69.5 Å². The number of aromatic nitrogens is 1. The average Bonchev–Trinajstić information content (AvgIpc) is 3.30. The minimum Gasteiger partial charge on any atom is -0.495 e. The molecule has 4 rings (SSSR count). The molecule has 1 aromatic heterocycles. The highest BCUT2D eigenvalue weighted by atomic mass is 32.1. The van der Waals surface area contributed by atoms with Crippen molar-refractivity contribution in [1.82, 2.24) is 9.88 Å². The van der Waals surface area contributed by atoms with E-state index in [1.54, 1.807) is 7.11 Å². The Morgan fingerprint density at radius 2 is 1.94 bits per heavy atom. The second-order valence-corrected chi connectivity index (χ2v) is 8.68. The van der Waals surface area contributed by atoms with Crippen molar-refractivity contribution < 1.29 is 4.74 Å². The lowest BCUT2D eigenvalue weighted by atomic mass is 10.0. The molecule has 2 N–H and O–H groups in total. The number of hydrogen-bond donors (Lipinski definition) is 2. The van der Waals surface area contributed by atoms with Crippen molar-refractivity contribution in [3.8, 4) is 5.75 Å². The van der Waals surface area contributed by atoms with Crippen LogP contribution < -0.4 is 15.6 Å². The van der Waals surface area contributed by atoms with Gasteiger partial charge in [-0.05, 0) is 73.6 Å². The first-order valence-corrected chi connectivity index (χ1v) is 11.2. The number of pyridine rings is 1. The van der Waals surface area contributed by atoms with Gasteiger partial charge in [0.2, 0.25) is 0 Å². The van der Waals surface area contributed by atoms with E-state index in [-0.39, 0.29) is 5.56 Å². The van der Waals surface area contributed by atoms with Gasteiger partial charge in [-0.25, -0.2) is 0 Å². The molecule has 0 amide bonds. The first-order chi connectivity index (χ1) is 15.0. The fraction of sp³-hybridized carbons (Fsp3) is 0.360. The van der Waals surface area contributed by atoms with Crippen LogP contribution in [0.15, 0.2) is 47.3 Å². The smallest absolute Gasteiger partial charge is 0.253 e. The number of fused-ring (bicyclic) bond motifs is 1. The molecule has 3 aromatic rings. The van der Waals surface area contributed by atoms with Gasteiger partial charge in [0.1, 0.15) is 5.75 Å². The van der Waals surface area contributed by atoms with E-state index in [0.717, 1.165) is 46.3 Å². The second-order valence-electron chi connectivity index (χ2n) is 8.29. The van der Waals surface area contributed by atoms with Crippen LogP contribution in [0, 0.1) is 13.8 Å². The maximum atomic E-state index is 13.0. The highest BCUT2D eigenvalue weighted by molar-refractivity contribution is 7.80. The quantitative estimate of drug-likeness (QED) is 0.533. The van der Waals surface area contributed by atoms with E-state index in [1.807, 2.05) is 37.3 Å². The summed E-state index contributed by atoms with van der Waals surface area (Å²) in [5.74, 6) is 0.741. The number of H-pyrrole nitrogens is 1. The van der Waals surface area contributed by atoms with Gasteiger partial charge >= 0.3 is 0 Å². The van der Waals surface area contributed by atoms with Crippen LogP contribution in [0.4, 0.5) is 5.69 Å². The molecule has 0 saturated heterocycles. The van der Waals surface area contributed by atoms with Gasteiger partial charge in [0.25, 0.3) is 5.56 Å². The largest absolute Gasteiger partial charge is 0.495 e. The van der Waals surface area contributed by atoms with Gasteiger partial charge in [-0.15, -0.1) is 0 Å².